The lowest BCUT2D eigenvalue weighted by Gasteiger charge is -2.44. The predicted octanol–water partition coefficient (Wildman–Crippen LogP) is 11.1. The lowest BCUT2D eigenvalue weighted by atomic mass is 9.95. The number of aliphatic hydroxyl groups is 1. The Morgan fingerprint density at radius 1 is 0.514 bits per heavy atom. The van der Waals surface area contributed by atoms with E-state index in [2.05, 4.69) is 31.4 Å². The molecule has 6 N–H and O–H groups in total. The van der Waals surface area contributed by atoms with E-state index in [1.165, 1.54) is 109 Å². The van der Waals surface area contributed by atoms with Crippen molar-refractivity contribution in [2.45, 2.75) is 308 Å². The summed E-state index contributed by atoms with van der Waals surface area (Å²) in [6.07, 6.45) is 24.4. The SMILES string of the molecule is CCCCCCCCCCCCCC(=O)N[C@H]1[C@H](OC(CC(=O)O)CC(=O)O)O[C@H](COC(=O)CC(NCC(=O)CCCCCCCCCCCC)C(=O)O)[C@@H](O)[C@@H]1OC(=O)CCCCCCCCCCCCC. The fraction of sp³-hybridized carbons (Fsp3) is 0.877. The molecule has 1 aliphatic rings. The first-order valence-corrected chi connectivity index (χ1v) is 29.3. The number of unbranched alkanes of at least 4 members (excludes halogenated alkanes) is 29. The number of ketones is 1. The summed E-state index contributed by atoms with van der Waals surface area (Å²) in [6, 6.07) is -2.92. The Bertz CT molecular complexity index is 1500. The minimum atomic E-state index is -1.76. The van der Waals surface area contributed by atoms with E-state index in [1.807, 2.05) is 0 Å². The molecule has 0 saturated carbocycles. The normalized spacial score (nSPS) is 18.0. The molecule has 1 unspecified atom stereocenters. The van der Waals surface area contributed by atoms with Crippen molar-refractivity contribution in [1.82, 2.24) is 10.6 Å². The molecule has 6 atom stereocenters. The van der Waals surface area contributed by atoms with E-state index in [1.54, 1.807) is 0 Å². The molecule has 0 aromatic heterocycles. The molecule has 1 heterocycles. The predicted molar refractivity (Wildman–Crippen MR) is 284 cm³/mol. The van der Waals surface area contributed by atoms with Gasteiger partial charge in [0.25, 0.3) is 0 Å². The molecule has 0 aliphatic carbocycles. The first-order chi connectivity index (χ1) is 35.7. The van der Waals surface area contributed by atoms with E-state index in [9.17, 15) is 54.0 Å². The minimum Gasteiger partial charge on any atom is -0.481 e. The minimum absolute atomic E-state index is 0.0162. The average Bonchev–Trinajstić information content (AvgIpc) is 3.35. The smallest absolute Gasteiger partial charge is 0.321 e. The zero-order valence-corrected chi connectivity index (χ0v) is 46.1. The van der Waals surface area contributed by atoms with Gasteiger partial charge in [0.2, 0.25) is 5.91 Å². The van der Waals surface area contributed by atoms with Gasteiger partial charge >= 0.3 is 29.8 Å². The highest BCUT2D eigenvalue weighted by Crippen LogP contribution is 2.29. The molecule has 0 aromatic rings. The zero-order valence-electron chi connectivity index (χ0n) is 46.1. The first kappa shape index (κ1) is 68.3. The van der Waals surface area contributed by atoms with Gasteiger partial charge in [-0.05, 0) is 19.3 Å². The maximum atomic E-state index is 13.6. The van der Waals surface area contributed by atoms with Crippen molar-refractivity contribution >= 4 is 41.5 Å². The van der Waals surface area contributed by atoms with E-state index in [0.717, 1.165) is 77.0 Å². The summed E-state index contributed by atoms with van der Waals surface area (Å²) in [7, 11) is 0. The van der Waals surface area contributed by atoms with Crippen molar-refractivity contribution in [2.75, 3.05) is 13.2 Å². The molecule has 1 fully saturated rings. The molecule has 1 rings (SSSR count). The summed E-state index contributed by atoms with van der Waals surface area (Å²) in [5, 5.41) is 46.4. The lowest BCUT2D eigenvalue weighted by Crippen LogP contribution is -2.66. The molecule has 74 heavy (non-hydrogen) atoms. The van der Waals surface area contributed by atoms with Crippen LogP contribution in [0.2, 0.25) is 0 Å². The van der Waals surface area contributed by atoms with Crippen LogP contribution in [0.3, 0.4) is 0 Å². The van der Waals surface area contributed by atoms with Gasteiger partial charge in [-0.15, -0.1) is 0 Å². The third-order valence-corrected chi connectivity index (χ3v) is 13.8. The second-order valence-electron chi connectivity index (χ2n) is 20.7. The van der Waals surface area contributed by atoms with Crippen molar-refractivity contribution in [3.05, 3.63) is 0 Å². The Balaban J connectivity index is 3.10. The highest BCUT2D eigenvalue weighted by Gasteiger charge is 2.50. The number of hydrogen-bond donors (Lipinski definition) is 6. The van der Waals surface area contributed by atoms with Crippen molar-refractivity contribution < 1.29 is 72.9 Å². The average molecular weight is 1060 g/mol. The Kier molecular flexibility index (Phi) is 42.0. The van der Waals surface area contributed by atoms with E-state index in [4.69, 9.17) is 18.9 Å². The van der Waals surface area contributed by atoms with E-state index in [0.29, 0.717) is 19.3 Å². The molecule has 17 heteroatoms. The Morgan fingerprint density at radius 3 is 1.34 bits per heavy atom. The number of carboxylic acid groups (broad SMARTS) is 3. The molecular formula is C57H102N2O15. The number of carboxylic acids is 3. The number of Topliss-reactive ketones (excluding diaryl/α,β-unsaturated/α-hetero) is 1. The Labute approximate surface area is 444 Å². The van der Waals surface area contributed by atoms with E-state index in [-0.39, 0.29) is 31.6 Å². The number of carbonyl (C=O) groups is 7. The summed E-state index contributed by atoms with van der Waals surface area (Å²) >= 11 is 0. The van der Waals surface area contributed by atoms with Crippen molar-refractivity contribution in [1.29, 1.82) is 0 Å². The molecular weight excluding hydrogens is 953 g/mol. The van der Waals surface area contributed by atoms with Crippen LogP contribution in [0.25, 0.3) is 0 Å². The molecule has 1 saturated heterocycles. The van der Waals surface area contributed by atoms with Gasteiger partial charge in [-0.3, -0.25) is 38.9 Å². The van der Waals surface area contributed by atoms with Crippen LogP contribution >= 0.6 is 0 Å². The number of amides is 1. The second kappa shape index (κ2) is 45.5. The fourth-order valence-electron chi connectivity index (χ4n) is 9.35. The van der Waals surface area contributed by atoms with Crippen LogP contribution in [0.1, 0.15) is 265 Å². The van der Waals surface area contributed by atoms with E-state index < -0.39 is 104 Å². The number of hydrogen-bond acceptors (Lipinski definition) is 13. The summed E-state index contributed by atoms with van der Waals surface area (Å²) in [5.74, 6) is -6.57. The number of ether oxygens (including phenoxy) is 4. The number of rotatable bonds is 51. The lowest BCUT2D eigenvalue weighted by molar-refractivity contribution is -0.286. The third-order valence-electron chi connectivity index (χ3n) is 13.8. The summed E-state index contributed by atoms with van der Waals surface area (Å²) in [4.78, 5) is 88.8. The molecule has 0 bridgehead atoms. The molecule has 430 valence electrons. The van der Waals surface area contributed by atoms with Crippen LogP contribution in [0.4, 0.5) is 0 Å². The van der Waals surface area contributed by atoms with Crippen LogP contribution < -0.4 is 10.6 Å². The number of carbonyl (C=O) groups excluding carboxylic acids is 4. The van der Waals surface area contributed by atoms with E-state index >= 15 is 0 Å². The Hall–Kier alpha value is -3.67. The van der Waals surface area contributed by atoms with Crippen molar-refractivity contribution in [3.8, 4) is 0 Å². The zero-order chi connectivity index (χ0) is 54.6. The van der Waals surface area contributed by atoms with Gasteiger partial charge in [0.05, 0.1) is 31.9 Å². The molecule has 1 aliphatic heterocycles. The van der Waals surface area contributed by atoms with Crippen LogP contribution in [0, 0.1) is 0 Å². The van der Waals surface area contributed by atoms with Crippen LogP contribution in [0.5, 0.6) is 0 Å². The van der Waals surface area contributed by atoms with Gasteiger partial charge in [-0.2, -0.15) is 0 Å². The molecule has 17 nitrogen and oxygen atoms in total. The molecule has 0 radical (unpaired) electrons. The maximum Gasteiger partial charge on any atom is 0.321 e. The van der Waals surface area contributed by atoms with Gasteiger partial charge < -0.3 is 44.7 Å². The quantitative estimate of drug-likeness (QED) is 0.0244. The third kappa shape index (κ3) is 36.3. The standard InChI is InChI=1S/C57H102N2O15/c1-4-7-10-13-16-19-22-25-28-31-34-37-48(61)59-53-55(74-51(66)38-35-32-29-26-23-20-17-14-11-8-5-2)54(68)47(73-57(53)72-45(39-49(62)63)40-50(64)65)43-71-52(67)41-46(56(69)70)58-42-44(60)36-33-30-27-24-21-18-15-12-9-6-3/h45-47,53-55,57-58,68H,4-43H2,1-3H3,(H,59,61)(H,62,63)(H,64,65)(H,69,70)/t46?,47-,53-,54-,55-,57-/m1/s1. The highest BCUT2D eigenvalue weighted by molar-refractivity contribution is 5.84. The second-order valence-corrected chi connectivity index (χ2v) is 20.7. The number of esters is 2. The van der Waals surface area contributed by atoms with Gasteiger partial charge in [0.15, 0.2) is 12.4 Å². The molecule has 1 amide bonds. The van der Waals surface area contributed by atoms with Crippen molar-refractivity contribution in [2.24, 2.45) is 0 Å². The largest absolute Gasteiger partial charge is 0.481 e. The van der Waals surface area contributed by atoms with Gasteiger partial charge in [-0.25, -0.2) is 0 Å². The van der Waals surface area contributed by atoms with Gasteiger partial charge in [-0.1, -0.05) is 207 Å². The van der Waals surface area contributed by atoms with Gasteiger partial charge in [0.1, 0.15) is 36.7 Å². The number of aliphatic carboxylic acids is 3. The first-order valence-electron chi connectivity index (χ1n) is 29.3. The summed E-state index contributed by atoms with van der Waals surface area (Å²) < 4.78 is 23.3. The summed E-state index contributed by atoms with van der Waals surface area (Å²) in [6.45, 7) is 5.59. The molecule has 0 spiro atoms. The van der Waals surface area contributed by atoms with Crippen LogP contribution in [-0.2, 0) is 52.5 Å². The Morgan fingerprint density at radius 2 is 0.919 bits per heavy atom. The monoisotopic (exact) mass is 1050 g/mol. The topological polar surface area (TPSA) is 261 Å². The number of aliphatic hydroxyl groups excluding tert-OH is 1. The fourth-order valence-corrected chi connectivity index (χ4v) is 9.35. The summed E-state index contributed by atoms with van der Waals surface area (Å²) in [5.41, 5.74) is 0. The van der Waals surface area contributed by atoms with Crippen molar-refractivity contribution in [3.63, 3.8) is 0 Å². The highest BCUT2D eigenvalue weighted by atomic mass is 16.7. The maximum absolute atomic E-state index is 13.6. The van der Waals surface area contributed by atoms with Crippen LogP contribution in [0.15, 0.2) is 0 Å². The number of nitrogens with one attached hydrogen (secondary N) is 2. The molecule has 0 aromatic carbocycles. The van der Waals surface area contributed by atoms with Crippen LogP contribution in [-0.4, -0.2) is 118 Å². The van der Waals surface area contributed by atoms with Gasteiger partial charge in [0, 0.05) is 19.3 Å².